The summed E-state index contributed by atoms with van der Waals surface area (Å²) in [6, 6.07) is 0. The molecule has 0 aromatic heterocycles. The summed E-state index contributed by atoms with van der Waals surface area (Å²) in [6.07, 6.45) is -6.81. The summed E-state index contributed by atoms with van der Waals surface area (Å²) >= 11 is 5.55. The van der Waals surface area contributed by atoms with Crippen molar-refractivity contribution in [1.29, 1.82) is 0 Å². The van der Waals surface area contributed by atoms with Crippen molar-refractivity contribution in [2.45, 2.75) is 49.2 Å². The number of hydrogen-bond acceptors (Lipinski definition) is 2. The topological polar surface area (TPSA) is 26.3 Å². The average Bonchev–Trinajstić information content (AvgIpc) is 2.26. The lowest BCUT2D eigenvalue weighted by molar-refractivity contribution is -0.154. The molecule has 0 N–H and O–H groups in total. The first-order valence-corrected chi connectivity index (χ1v) is 7.43. The first kappa shape index (κ1) is 19.1. The molecule has 0 fully saturated rings. The Labute approximate surface area is 126 Å². The highest BCUT2D eigenvalue weighted by molar-refractivity contribution is 9.10. The standard InChI is InChI=1S/C11H16Br2F4O2/c1-4-19-9(18)8(14)10(2,3)6(12)5-7(13)11(15,16)17/h6-8H,4-5H2,1-3H3. The zero-order valence-electron chi connectivity index (χ0n) is 10.7. The van der Waals surface area contributed by atoms with Gasteiger partial charge in [-0.2, -0.15) is 13.2 Å². The molecule has 3 atom stereocenters. The minimum absolute atomic E-state index is 0.0197. The number of hydrogen-bond donors (Lipinski definition) is 0. The zero-order chi connectivity index (χ0) is 15.4. The molecule has 0 aromatic carbocycles. The molecule has 3 unspecified atom stereocenters. The van der Waals surface area contributed by atoms with Gasteiger partial charge in [-0.15, -0.1) is 0 Å². The molecule has 8 heteroatoms. The maximum absolute atomic E-state index is 14.0. The van der Waals surface area contributed by atoms with Crippen LogP contribution < -0.4 is 0 Å². The smallest absolute Gasteiger partial charge is 0.401 e. The fourth-order valence-corrected chi connectivity index (χ4v) is 2.78. The maximum atomic E-state index is 14.0. The molecule has 0 aliphatic carbocycles. The third kappa shape index (κ3) is 5.57. The lowest BCUT2D eigenvalue weighted by Crippen LogP contribution is -2.42. The second-order valence-electron chi connectivity index (χ2n) is 4.65. The van der Waals surface area contributed by atoms with Crippen molar-refractivity contribution in [1.82, 2.24) is 0 Å². The van der Waals surface area contributed by atoms with Crippen molar-refractivity contribution in [2.24, 2.45) is 5.41 Å². The van der Waals surface area contributed by atoms with Crippen LogP contribution in [0.1, 0.15) is 27.2 Å². The highest BCUT2D eigenvalue weighted by Gasteiger charge is 2.46. The fraction of sp³-hybridized carbons (Fsp3) is 0.909. The normalized spacial score (nSPS) is 17.7. The molecule has 0 saturated heterocycles. The molecular formula is C11H16Br2F4O2. The molecular weight excluding hydrogens is 400 g/mol. The maximum Gasteiger partial charge on any atom is 0.401 e. The van der Waals surface area contributed by atoms with E-state index in [-0.39, 0.29) is 6.61 Å². The summed E-state index contributed by atoms with van der Waals surface area (Å²) in [4.78, 5) is 8.72. The van der Waals surface area contributed by atoms with Crippen molar-refractivity contribution >= 4 is 37.8 Å². The van der Waals surface area contributed by atoms with Crippen molar-refractivity contribution < 1.29 is 27.1 Å². The zero-order valence-corrected chi connectivity index (χ0v) is 13.9. The van der Waals surface area contributed by atoms with Gasteiger partial charge in [-0.25, -0.2) is 9.18 Å². The van der Waals surface area contributed by atoms with E-state index in [1.54, 1.807) is 0 Å². The Morgan fingerprint density at radius 1 is 1.21 bits per heavy atom. The summed E-state index contributed by atoms with van der Waals surface area (Å²) in [5.41, 5.74) is -1.32. The summed E-state index contributed by atoms with van der Waals surface area (Å²) < 4.78 is 55.8. The van der Waals surface area contributed by atoms with E-state index in [9.17, 15) is 22.4 Å². The van der Waals surface area contributed by atoms with E-state index in [1.165, 1.54) is 20.8 Å². The second-order valence-corrected chi connectivity index (χ2v) is 6.86. The number of carbonyl (C=O) groups excluding carboxylic acids is 1. The molecule has 0 aromatic rings. The van der Waals surface area contributed by atoms with Gasteiger partial charge in [0.05, 0.1) is 6.61 Å². The minimum atomic E-state index is -4.42. The molecule has 0 radical (unpaired) electrons. The first-order valence-electron chi connectivity index (χ1n) is 5.60. The summed E-state index contributed by atoms with van der Waals surface area (Å²) in [7, 11) is 0. The van der Waals surface area contributed by atoms with Gasteiger partial charge < -0.3 is 4.74 Å². The lowest BCUT2D eigenvalue weighted by Gasteiger charge is -2.33. The van der Waals surface area contributed by atoms with Crippen LogP contribution in [0.5, 0.6) is 0 Å². The van der Waals surface area contributed by atoms with Gasteiger partial charge in [0.1, 0.15) is 4.83 Å². The Hall–Kier alpha value is 0.150. The van der Waals surface area contributed by atoms with Gasteiger partial charge in [0.15, 0.2) is 0 Å². The van der Waals surface area contributed by atoms with Crippen molar-refractivity contribution in [3.05, 3.63) is 0 Å². The van der Waals surface area contributed by atoms with Gasteiger partial charge in [-0.05, 0) is 13.3 Å². The van der Waals surface area contributed by atoms with E-state index >= 15 is 0 Å². The monoisotopic (exact) mass is 414 g/mol. The Morgan fingerprint density at radius 3 is 2.05 bits per heavy atom. The number of carbonyl (C=O) groups is 1. The molecule has 0 heterocycles. The van der Waals surface area contributed by atoms with Gasteiger partial charge in [0.25, 0.3) is 0 Å². The highest BCUT2D eigenvalue weighted by Crippen LogP contribution is 2.40. The second kappa shape index (κ2) is 7.24. The van der Waals surface area contributed by atoms with Gasteiger partial charge in [0.2, 0.25) is 6.17 Å². The molecule has 0 aliphatic rings. The fourth-order valence-electron chi connectivity index (χ4n) is 1.30. The van der Waals surface area contributed by atoms with Crippen LogP contribution in [0.15, 0.2) is 0 Å². The molecule has 0 spiro atoms. The largest absolute Gasteiger partial charge is 0.464 e. The molecule has 0 amide bonds. The Kier molecular flexibility index (Phi) is 7.30. The molecule has 0 aliphatic heterocycles. The SMILES string of the molecule is CCOC(=O)C(F)C(C)(C)C(Br)CC(Br)C(F)(F)F. The van der Waals surface area contributed by atoms with E-state index in [0.29, 0.717) is 0 Å². The van der Waals surface area contributed by atoms with E-state index in [1.807, 2.05) is 0 Å². The van der Waals surface area contributed by atoms with Crippen molar-refractivity contribution in [3.63, 3.8) is 0 Å². The average molecular weight is 416 g/mol. The summed E-state index contributed by atoms with van der Waals surface area (Å²) in [5, 5.41) is 0. The van der Waals surface area contributed by atoms with Gasteiger partial charge in [-0.1, -0.05) is 45.7 Å². The van der Waals surface area contributed by atoms with E-state index < -0.39 is 39.8 Å². The van der Waals surface area contributed by atoms with Crippen LogP contribution in [-0.4, -0.2) is 34.6 Å². The van der Waals surface area contributed by atoms with Crippen LogP contribution in [0.3, 0.4) is 0 Å². The summed E-state index contributed by atoms with van der Waals surface area (Å²) in [6.45, 7) is 4.31. The minimum Gasteiger partial charge on any atom is -0.464 e. The molecule has 0 saturated carbocycles. The van der Waals surface area contributed by atoms with E-state index in [4.69, 9.17) is 0 Å². The van der Waals surface area contributed by atoms with Gasteiger partial charge >= 0.3 is 12.1 Å². The van der Waals surface area contributed by atoms with Crippen LogP contribution in [0, 0.1) is 5.41 Å². The first-order chi connectivity index (χ1) is 8.44. The van der Waals surface area contributed by atoms with Crippen molar-refractivity contribution in [3.8, 4) is 0 Å². The van der Waals surface area contributed by atoms with E-state index in [2.05, 4.69) is 36.6 Å². The van der Waals surface area contributed by atoms with Crippen molar-refractivity contribution in [2.75, 3.05) is 6.61 Å². The number of halogens is 6. The molecule has 2 nitrogen and oxygen atoms in total. The van der Waals surface area contributed by atoms with Gasteiger partial charge in [0, 0.05) is 10.2 Å². The Balaban J connectivity index is 4.76. The number of alkyl halides is 6. The Morgan fingerprint density at radius 2 is 1.68 bits per heavy atom. The lowest BCUT2D eigenvalue weighted by atomic mass is 9.82. The number of rotatable bonds is 6. The van der Waals surface area contributed by atoms with Gasteiger partial charge in [-0.3, -0.25) is 0 Å². The van der Waals surface area contributed by atoms with Crippen LogP contribution >= 0.6 is 31.9 Å². The molecule has 114 valence electrons. The predicted octanol–water partition coefficient (Wildman–Crippen LogP) is 4.39. The quantitative estimate of drug-likeness (QED) is 0.365. The van der Waals surface area contributed by atoms with Crippen LogP contribution in [0.2, 0.25) is 0 Å². The Bertz CT molecular complexity index is 308. The third-order valence-corrected chi connectivity index (χ3v) is 5.17. The molecule has 0 rings (SSSR count). The number of ether oxygens (including phenoxy) is 1. The van der Waals surface area contributed by atoms with Crippen LogP contribution in [-0.2, 0) is 9.53 Å². The molecule has 19 heavy (non-hydrogen) atoms. The predicted molar refractivity (Wildman–Crippen MR) is 71.4 cm³/mol. The highest BCUT2D eigenvalue weighted by atomic mass is 79.9. The van der Waals surface area contributed by atoms with E-state index in [0.717, 1.165) is 0 Å². The van der Waals surface area contributed by atoms with Crippen LogP contribution in [0.25, 0.3) is 0 Å². The molecule has 0 bridgehead atoms. The number of esters is 1. The summed E-state index contributed by atoms with van der Waals surface area (Å²) in [5.74, 6) is -1.06. The van der Waals surface area contributed by atoms with Crippen LogP contribution in [0.4, 0.5) is 17.6 Å². The third-order valence-electron chi connectivity index (χ3n) is 2.72.